The predicted octanol–water partition coefficient (Wildman–Crippen LogP) is 7.53. The molecule has 0 amide bonds. The number of nitrogens with zero attached hydrogens (tertiary/aromatic N) is 2. The zero-order valence-corrected chi connectivity index (χ0v) is 21.0. The van der Waals surface area contributed by atoms with Crippen molar-refractivity contribution in [1.82, 2.24) is 9.72 Å². The van der Waals surface area contributed by atoms with Gasteiger partial charge in [0.2, 0.25) is 0 Å². The third-order valence-electron chi connectivity index (χ3n) is 5.52. The molecule has 2 aromatic heterocycles. The summed E-state index contributed by atoms with van der Waals surface area (Å²) < 4.78 is 52.5. The number of benzene rings is 2. The lowest BCUT2D eigenvalue weighted by Crippen LogP contribution is -2.06. The second-order valence-electron chi connectivity index (χ2n) is 7.99. The van der Waals surface area contributed by atoms with Crippen molar-refractivity contribution in [2.24, 2.45) is 0 Å². The fourth-order valence-electron chi connectivity index (χ4n) is 4.05. The monoisotopic (exact) mass is 524 g/mol. The summed E-state index contributed by atoms with van der Waals surface area (Å²) in [5.41, 5.74) is 1.20. The lowest BCUT2D eigenvalue weighted by Gasteiger charge is -2.12. The summed E-state index contributed by atoms with van der Waals surface area (Å²) in [5, 5.41) is 13.5. The maximum Gasteiger partial charge on any atom is 0.437 e. The second-order valence-corrected chi connectivity index (χ2v) is 8.40. The molecule has 4 rings (SSSR count). The van der Waals surface area contributed by atoms with Crippen LogP contribution in [0.3, 0.4) is 0 Å². The highest BCUT2D eigenvalue weighted by Gasteiger charge is 2.37. The molecule has 0 saturated heterocycles. The van der Waals surface area contributed by atoms with E-state index in [9.17, 15) is 18.0 Å². The Kier molecular flexibility index (Phi) is 8.89. The Morgan fingerprint density at radius 3 is 2.61 bits per heavy atom. The van der Waals surface area contributed by atoms with E-state index in [0.29, 0.717) is 54.3 Å². The average molecular weight is 525 g/mol. The van der Waals surface area contributed by atoms with E-state index in [2.05, 4.69) is 5.16 Å². The largest absolute Gasteiger partial charge is 0.493 e. The molecule has 0 aliphatic carbocycles. The van der Waals surface area contributed by atoms with Crippen LogP contribution >= 0.6 is 11.6 Å². The van der Waals surface area contributed by atoms with Gasteiger partial charge >= 0.3 is 12.1 Å². The minimum Gasteiger partial charge on any atom is -0.493 e. The van der Waals surface area contributed by atoms with Crippen LogP contribution in [0.4, 0.5) is 13.2 Å². The molecule has 0 spiro atoms. The Morgan fingerprint density at radius 1 is 1.19 bits per heavy atom. The van der Waals surface area contributed by atoms with Crippen LogP contribution in [0.2, 0.25) is 5.02 Å². The molecule has 2 heterocycles. The number of aromatic nitrogens is 2. The number of carboxylic acids is 1. The van der Waals surface area contributed by atoms with Gasteiger partial charge in [0.05, 0.1) is 23.4 Å². The van der Waals surface area contributed by atoms with Crippen LogP contribution in [-0.2, 0) is 30.4 Å². The summed E-state index contributed by atoms with van der Waals surface area (Å²) in [6, 6.07) is 8.24. The van der Waals surface area contributed by atoms with Crippen molar-refractivity contribution < 1.29 is 32.3 Å². The Balaban J connectivity index is 0.00000176. The van der Waals surface area contributed by atoms with E-state index >= 15 is 0 Å². The van der Waals surface area contributed by atoms with Crippen LogP contribution in [0.1, 0.15) is 50.4 Å². The lowest BCUT2D eigenvalue weighted by atomic mass is 10.0. The molecule has 1 N–H and O–H groups in total. The molecule has 0 radical (unpaired) electrons. The summed E-state index contributed by atoms with van der Waals surface area (Å²) in [6.07, 6.45) is -1.06. The lowest BCUT2D eigenvalue weighted by molar-refractivity contribution is -0.141. The first kappa shape index (κ1) is 27.4. The van der Waals surface area contributed by atoms with Crippen LogP contribution in [0, 0.1) is 0 Å². The van der Waals surface area contributed by atoms with Gasteiger partial charge in [0.25, 0.3) is 0 Å². The molecule has 0 unspecified atom stereocenters. The smallest absolute Gasteiger partial charge is 0.437 e. The number of halogens is 4. The molecule has 0 aliphatic heterocycles. The average Bonchev–Trinajstić information content (AvgIpc) is 3.40. The number of aliphatic carboxylic acids is 1. The van der Waals surface area contributed by atoms with Crippen LogP contribution in [0.5, 0.6) is 5.75 Å². The maximum absolute atomic E-state index is 13.2. The van der Waals surface area contributed by atoms with Crippen LogP contribution < -0.4 is 4.74 Å². The molecular formula is C26H28ClF3N2O4. The van der Waals surface area contributed by atoms with Crippen molar-refractivity contribution >= 4 is 39.4 Å². The number of hydrogen-bond acceptors (Lipinski definition) is 4. The van der Waals surface area contributed by atoms with Gasteiger partial charge in [-0.05, 0) is 42.7 Å². The van der Waals surface area contributed by atoms with E-state index in [0.717, 1.165) is 10.9 Å². The van der Waals surface area contributed by atoms with Gasteiger partial charge in [0.1, 0.15) is 5.75 Å². The van der Waals surface area contributed by atoms with Crippen molar-refractivity contribution in [3.8, 4) is 5.75 Å². The molecule has 6 nitrogen and oxygen atoms in total. The van der Waals surface area contributed by atoms with E-state index < -0.39 is 17.8 Å². The Hall–Kier alpha value is -3.20. The summed E-state index contributed by atoms with van der Waals surface area (Å²) in [4.78, 5) is 11.0. The molecule has 0 aliphatic rings. The molecule has 0 saturated carbocycles. The zero-order chi connectivity index (χ0) is 26.5. The summed E-state index contributed by atoms with van der Waals surface area (Å²) in [5.74, 6) is -0.430. The summed E-state index contributed by atoms with van der Waals surface area (Å²) in [7, 11) is 0. The van der Waals surface area contributed by atoms with E-state index in [1.807, 2.05) is 31.4 Å². The first-order chi connectivity index (χ1) is 17.2. The van der Waals surface area contributed by atoms with Gasteiger partial charge in [-0.25, -0.2) is 0 Å². The molecular weight excluding hydrogens is 497 g/mol. The molecule has 0 fully saturated rings. The van der Waals surface area contributed by atoms with Gasteiger partial charge in [-0.15, -0.1) is 0 Å². The number of aryl methyl sites for hydroxylation is 2. The van der Waals surface area contributed by atoms with Crippen molar-refractivity contribution in [3.63, 3.8) is 0 Å². The summed E-state index contributed by atoms with van der Waals surface area (Å²) >= 11 is 6.34. The zero-order valence-electron chi connectivity index (χ0n) is 20.3. The van der Waals surface area contributed by atoms with Crippen LogP contribution in [-0.4, -0.2) is 27.4 Å². The van der Waals surface area contributed by atoms with Crippen LogP contribution in [0.15, 0.2) is 41.1 Å². The quantitative estimate of drug-likeness (QED) is 0.229. The van der Waals surface area contributed by atoms with Gasteiger partial charge in [-0.1, -0.05) is 50.0 Å². The number of rotatable bonds is 9. The van der Waals surface area contributed by atoms with Crippen molar-refractivity contribution in [1.29, 1.82) is 0 Å². The van der Waals surface area contributed by atoms with Crippen molar-refractivity contribution in [3.05, 3.63) is 58.4 Å². The van der Waals surface area contributed by atoms with Gasteiger partial charge in [0, 0.05) is 29.2 Å². The highest BCUT2D eigenvalue weighted by atomic mass is 35.5. The molecule has 194 valence electrons. The predicted molar refractivity (Wildman–Crippen MR) is 133 cm³/mol. The normalized spacial score (nSPS) is 11.5. The van der Waals surface area contributed by atoms with Gasteiger partial charge in [-0.3, -0.25) is 4.79 Å². The molecule has 10 heteroatoms. The number of hydrogen-bond donors (Lipinski definition) is 1. The van der Waals surface area contributed by atoms with Gasteiger partial charge < -0.3 is 18.9 Å². The standard InChI is InChI=1S/C24H22ClF3N2O4.C2H6/c1-2-4-15-20(8-6-16-22(15)34-29-23(16)24(26,27)28)33-10-3-9-30-13-18(25)17-11-14(12-21(31)32)5-7-19(17)30;1-2/h5-8,11,13H,2-4,9-10,12H2,1H3,(H,31,32);1-2H3. The van der Waals surface area contributed by atoms with E-state index in [-0.39, 0.29) is 17.4 Å². The third kappa shape index (κ3) is 5.95. The number of alkyl halides is 3. The fourth-order valence-corrected chi connectivity index (χ4v) is 4.32. The second kappa shape index (κ2) is 11.7. The summed E-state index contributed by atoms with van der Waals surface area (Å²) in [6.45, 7) is 6.84. The highest BCUT2D eigenvalue weighted by molar-refractivity contribution is 6.35. The first-order valence-corrected chi connectivity index (χ1v) is 12.2. The van der Waals surface area contributed by atoms with E-state index in [1.54, 1.807) is 18.3 Å². The highest BCUT2D eigenvalue weighted by Crippen LogP contribution is 2.38. The Bertz CT molecular complexity index is 1340. The number of fused-ring (bicyclic) bond motifs is 2. The molecule has 2 aromatic carbocycles. The maximum atomic E-state index is 13.2. The molecule has 0 bridgehead atoms. The third-order valence-corrected chi connectivity index (χ3v) is 5.82. The number of ether oxygens (including phenoxy) is 1. The fraction of sp³-hybridized carbons (Fsp3) is 0.385. The van der Waals surface area contributed by atoms with Gasteiger partial charge in [-0.2, -0.15) is 13.2 Å². The van der Waals surface area contributed by atoms with E-state index in [1.165, 1.54) is 12.1 Å². The molecule has 0 atom stereocenters. The number of carbonyl (C=O) groups is 1. The number of carboxylic acid groups (broad SMARTS) is 1. The van der Waals surface area contributed by atoms with Crippen molar-refractivity contribution in [2.45, 2.75) is 59.2 Å². The minimum atomic E-state index is -4.59. The molecule has 4 aromatic rings. The Labute approximate surface area is 211 Å². The minimum absolute atomic E-state index is 0.0704. The topological polar surface area (TPSA) is 77.5 Å². The van der Waals surface area contributed by atoms with E-state index in [4.69, 9.17) is 26.0 Å². The van der Waals surface area contributed by atoms with Crippen molar-refractivity contribution in [2.75, 3.05) is 6.61 Å². The first-order valence-electron chi connectivity index (χ1n) is 11.8. The van der Waals surface area contributed by atoms with Crippen LogP contribution in [0.25, 0.3) is 21.9 Å². The SMILES string of the molecule is CC.CCCc1c(OCCCn2cc(Cl)c3cc(CC(=O)O)ccc32)ccc2c(C(F)(F)F)noc12. The molecule has 36 heavy (non-hydrogen) atoms. The van der Waals surface area contributed by atoms with Gasteiger partial charge in [0.15, 0.2) is 11.3 Å². The Morgan fingerprint density at radius 2 is 1.94 bits per heavy atom.